The van der Waals surface area contributed by atoms with Gasteiger partial charge in [0, 0.05) is 11.0 Å². The van der Waals surface area contributed by atoms with Crippen LogP contribution < -0.4 is 5.32 Å². The van der Waals surface area contributed by atoms with Gasteiger partial charge >= 0.3 is 0 Å². The lowest BCUT2D eigenvalue weighted by Gasteiger charge is -2.02. The van der Waals surface area contributed by atoms with Crippen molar-refractivity contribution in [3.8, 4) is 0 Å². The second kappa shape index (κ2) is 5.09. The molecule has 4 heteroatoms. The summed E-state index contributed by atoms with van der Waals surface area (Å²) < 4.78 is 6.21. The summed E-state index contributed by atoms with van der Waals surface area (Å²) in [5, 5.41) is 3.27. The van der Waals surface area contributed by atoms with E-state index in [0.717, 1.165) is 16.8 Å². The van der Waals surface area contributed by atoms with Crippen molar-refractivity contribution in [1.29, 1.82) is 0 Å². The quantitative estimate of drug-likeness (QED) is 0.925. The van der Waals surface area contributed by atoms with E-state index in [1.807, 2.05) is 12.1 Å². The average Bonchev–Trinajstić information content (AvgIpc) is 2.74. The van der Waals surface area contributed by atoms with Crippen molar-refractivity contribution in [3.63, 3.8) is 0 Å². The monoisotopic (exact) mass is 266 g/mol. The number of oxazole rings is 1. The van der Waals surface area contributed by atoms with Crippen LogP contribution in [0.1, 0.15) is 11.3 Å². The number of hydrogen-bond donors (Lipinski definition) is 1. The van der Waals surface area contributed by atoms with Gasteiger partial charge in [-0.25, -0.2) is 4.98 Å². The maximum Gasteiger partial charge on any atom is 0.180 e. The van der Waals surface area contributed by atoms with E-state index in [-0.39, 0.29) is 0 Å². The van der Waals surface area contributed by atoms with Crippen LogP contribution in [0.3, 0.4) is 0 Å². The van der Waals surface area contributed by atoms with Crippen LogP contribution in [-0.4, -0.2) is 4.98 Å². The topological polar surface area (TPSA) is 38.1 Å². The number of nitrogens with one attached hydrogen (secondary N) is 1. The fourth-order valence-electron chi connectivity index (χ4n) is 1.26. The molecule has 0 aliphatic rings. The first-order chi connectivity index (χ1) is 7.34. The SMILES string of the molecule is Brc1ccc(CNCc2cnco2)cc1. The van der Waals surface area contributed by atoms with Gasteiger partial charge in [0.15, 0.2) is 6.39 Å². The van der Waals surface area contributed by atoms with Crippen molar-refractivity contribution in [2.24, 2.45) is 0 Å². The summed E-state index contributed by atoms with van der Waals surface area (Å²) in [6.07, 6.45) is 3.16. The molecule has 0 aliphatic heterocycles. The molecular formula is C11H11BrN2O. The Balaban J connectivity index is 1.81. The molecule has 0 radical (unpaired) electrons. The first-order valence-electron chi connectivity index (χ1n) is 4.67. The lowest BCUT2D eigenvalue weighted by atomic mass is 10.2. The number of aromatic nitrogens is 1. The third-order valence-corrected chi connectivity index (χ3v) is 2.55. The first-order valence-corrected chi connectivity index (χ1v) is 5.46. The van der Waals surface area contributed by atoms with Crippen LogP contribution >= 0.6 is 15.9 Å². The Morgan fingerprint density at radius 2 is 2.00 bits per heavy atom. The molecule has 0 bridgehead atoms. The van der Waals surface area contributed by atoms with E-state index in [0.29, 0.717) is 6.54 Å². The average molecular weight is 267 g/mol. The van der Waals surface area contributed by atoms with E-state index < -0.39 is 0 Å². The van der Waals surface area contributed by atoms with Gasteiger partial charge in [-0.05, 0) is 17.7 Å². The van der Waals surface area contributed by atoms with Crippen molar-refractivity contribution >= 4 is 15.9 Å². The molecule has 0 unspecified atom stereocenters. The maximum absolute atomic E-state index is 5.11. The van der Waals surface area contributed by atoms with Crippen molar-refractivity contribution in [2.75, 3.05) is 0 Å². The molecule has 1 heterocycles. The first kappa shape index (κ1) is 10.4. The highest BCUT2D eigenvalue weighted by Gasteiger charge is 1.96. The maximum atomic E-state index is 5.11. The summed E-state index contributed by atoms with van der Waals surface area (Å²) in [6, 6.07) is 8.23. The zero-order chi connectivity index (χ0) is 10.5. The Hall–Kier alpha value is -1.13. The van der Waals surface area contributed by atoms with Gasteiger partial charge < -0.3 is 9.73 Å². The molecule has 0 fully saturated rings. The number of hydrogen-bond acceptors (Lipinski definition) is 3. The summed E-state index contributed by atoms with van der Waals surface area (Å²) in [4.78, 5) is 3.85. The lowest BCUT2D eigenvalue weighted by molar-refractivity contribution is 0.479. The van der Waals surface area contributed by atoms with Gasteiger partial charge in [-0.1, -0.05) is 28.1 Å². The standard InChI is InChI=1S/C11H11BrN2O/c12-10-3-1-9(2-4-10)5-13-6-11-7-14-8-15-11/h1-4,7-8,13H,5-6H2. The normalized spacial score (nSPS) is 10.5. The fourth-order valence-corrected chi connectivity index (χ4v) is 1.53. The Kier molecular flexibility index (Phi) is 3.53. The smallest absolute Gasteiger partial charge is 0.180 e. The Morgan fingerprint density at radius 1 is 1.20 bits per heavy atom. The van der Waals surface area contributed by atoms with Crippen molar-refractivity contribution in [3.05, 3.63) is 52.7 Å². The van der Waals surface area contributed by atoms with Crippen LogP contribution in [0.5, 0.6) is 0 Å². The van der Waals surface area contributed by atoms with Crippen molar-refractivity contribution in [1.82, 2.24) is 10.3 Å². The van der Waals surface area contributed by atoms with Gasteiger partial charge in [0.05, 0.1) is 12.7 Å². The summed E-state index contributed by atoms with van der Waals surface area (Å²) >= 11 is 3.40. The molecule has 0 saturated heterocycles. The minimum Gasteiger partial charge on any atom is -0.447 e. The third kappa shape index (κ3) is 3.18. The molecule has 1 aromatic heterocycles. The molecule has 3 nitrogen and oxygen atoms in total. The van der Waals surface area contributed by atoms with Crippen LogP contribution in [-0.2, 0) is 13.1 Å². The van der Waals surface area contributed by atoms with Crippen LogP contribution in [0, 0.1) is 0 Å². The van der Waals surface area contributed by atoms with E-state index in [2.05, 4.69) is 38.4 Å². The molecule has 15 heavy (non-hydrogen) atoms. The summed E-state index contributed by atoms with van der Waals surface area (Å²) in [7, 11) is 0. The van der Waals surface area contributed by atoms with Crippen LogP contribution in [0.2, 0.25) is 0 Å². The van der Waals surface area contributed by atoms with Gasteiger partial charge in [0.2, 0.25) is 0 Å². The predicted molar refractivity (Wildman–Crippen MR) is 61.2 cm³/mol. The highest BCUT2D eigenvalue weighted by atomic mass is 79.9. The van der Waals surface area contributed by atoms with Gasteiger partial charge in [-0.15, -0.1) is 0 Å². The minimum atomic E-state index is 0.704. The number of rotatable bonds is 4. The lowest BCUT2D eigenvalue weighted by Crippen LogP contribution is -2.11. The van der Waals surface area contributed by atoms with E-state index in [4.69, 9.17) is 4.42 Å². The van der Waals surface area contributed by atoms with Gasteiger partial charge in [-0.3, -0.25) is 0 Å². The van der Waals surface area contributed by atoms with E-state index in [9.17, 15) is 0 Å². The molecule has 1 N–H and O–H groups in total. The van der Waals surface area contributed by atoms with Crippen molar-refractivity contribution in [2.45, 2.75) is 13.1 Å². The number of halogens is 1. The molecule has 1 aromatic carbocycles. The summed E-state index contributed by atoms with van der Waals surface area (Å²) in [5.74, 6) is 0.854. The predicted octanol–water partition coefficient (Wildman–Crippen LogP) is 2.73. The van der Waals surface area contributed by atoms with Crippen LogP contribution in [0.4, 0.5) is 0 Å². The highest BCUT2D eigenvalue weighted by Crippen LogP contribution is 2.10. The number of nitrogens with zero attached hydrogens (tertiary/aromatic N) is 1. The summed E-state index contributed by atoms with van der Waals surface area (Å²) in [6.45, 7) is 1.53. The molecule has 0 amide bonds. The molecular weight excluding hydrogens is 256 g/mol. The van der Waals surface area contributed by atoms with Gasteiger partial charge in [0.25, 0.3) is 0 Å². The Morgan fingerprint density at radius 3 is 2.67 bits per heavy atom. The van der Waals surface area contributed by atoms with E-state index >= 15 is 0 Å². The molecule has 0 atom stereocenters. The second-order valence-corrected chi connectivity index (χ2v) is 4.11. The molecule has 78 valence electrons. The zero-order valence-electron chi connectivity index (χ0n) is 8.11. The number of benzene rings is 1. The fraction of sp³-hybridized carbons (Fsp3) is 0.182. The molecule has 2 rings (SSSR count). The summed E-state index contributed by atoms with van der Waals surface area (Å²) in [5.41, 5.74) is 1.25. The van der Waals surface area contributed by atoms with Gasteiger partial charge in [-0.2, -0.15) is 0 Å². The molecule has 0 aliphatic carbocycles. The van der Waals surface area contributed by atoms with Gasteiger partial charge in [0.1, 0.15) is 5.76 Å². The largest absolute Gasteiger partial charge is 0.447 e. The molecule has 0 spiro atoms. The Labute approximate surface area is 96.6 Å². The highest BCUT2D eigenvalue weighted by molar-refractivity contribution is 9.10. The van der Waals surface area contributed by atoms with Crippen LogP contribution in [0.25, 0.3) is 0 Å². The van der Waals surface area contributed by atoms with E-state index in [1.54, 1.807) is 6.20 Å². The minimum absolute atomic E-state index is 0.704. The van der Waals surface area contributed by atoms with Crippen molar-refractivity contribution < 1.29 is 4.42 Å². The second-order valence-electron chi connectivity index (χ2n) is 3.20. The molecule has 0 saturated carbocycles. The zero-order valence-corrected chi connectivity index (χ0v) is 9.70. The Bertz CT molecular complexity index is 397. The van der Waals surface area contributed by atoms with E-state index in [1.165, 1.54) is 12.0 Å². The third-order valence-electron chi connectivity index (χ3n) is 2.03. The molecule has 2 aromatic rings. The van der Waals surface area contributed by atoms with Crippen LogP contribution in [0.15, 0.2) is 45.7 Å².